The highest BCUT2D eigenvalue weighted by Gasteiger charge is 2.76. The van der Waals surface area contributed by atoms with Gasteiger partial charge in [-0.3, -0.25) is 4.79 Å². The van der Waals surface area contributed by atoms with Gasteiger partial charge in [-0.15, -0.1) is 0 Å². The van der Waals surface area contributed by atoms with Crippen molar-refractivity contribution in [3.8, 4) is 0 Å². The van der Waals surface area contributed by atoms with Crippen LogP contribution in [0.3, 0.4) is 0 Å². The number of benzene rings is 1. The van der Waals surface area contributed by atoms with Crippen LogP contribution in [-0.2, 0) is 42.7 Å². The smallest absolute Gasteiger partial charge is 0.407 e. The van der Waals surface area contributed by atoms with Gasteiger partial charge in [-0.2, -0.15) is 0 Å². The Kier molecular flexibility index (Phi) is 12.1. The molecule has 0 radical (unpaired) electrons. The molecule has 5 aliphatic rings. The molecule has 0 bridgehead atoms. The molecule has 3 aliphatic carbocycles. The molecule has 3 N–H and O–H groups in total. The van der Waals surface area contributed by atoms with Crippen molar-refractivity contribution in [2.75, 3.05) is 6.61 Å². The highest BCUT2D eigenvalue weighted by atomic mass is 16.7. The zero-order valence-electron chi connectivity index (χ0n) is 35.3. The molecule has 13 atom stereocenters. The molecule has 0 aromatic heterocycles. The van der Waals surface area contributed by atoms with E-state index in [1.165, 1.54) is 13.0 Å². The number of carbonyl (C=O) groups excluding carboxylic acids is 4. The van der Waals surface area contributed by atoms with Crippen molar-refractivity contribution in [2.24, 2.45) is 28.6 Å². The molecule has 2 saturated heterocycles. The molecule has 2 heterocycles. The highest BCUT2D eigenvalue weighted by Crippen LogP contribution is 2.68. The van der Waals surface area contributed by atoms with E-state index >= 15 is 0 Å². The van der Waals surface area contributed by atoms with Gasteiger partial charge >= 0.3 is 24.0 Å². The van der Waals surface area contributed by atoms with Gasteiger partial charge in [-0.05, 0) is 83.2 Å². The first-order valence-electron chi connectivity index (χ1n) is 20.3. The van der Waals surface area contributed by atoms with E-state index in [9.17, 15) is 29.4 Å². The van der Waals surface area contributed by atoms with Crippen LogP contribution >= 0.6 is 0 Å². The van der Waals surface area contributed by atoms with Crippen molar-refractivity contribution in [3.05, 3.63) is 59.7 Å². The minimum Gasteiger partial charge on any atom is -0.457 e. The summed E-state index contributed by atoms with van der Waals surface area (Å²) in [7, 11) is 0. The largest absolute Gasteiger partial charge is 0.457 e. The number of nitrogens with one attached hydrogen (secondary N) is 1. The van der Waals surface area contributed by atoms with E-state index in [1.54, 1.807) is 71.9 Å². The van der Waals surface area contributed by atoms with Crippen LogP contribution in [0.5, 0.6) is 0 Å². The lowest BCUT2D eigenvalue weighted by molar-refractivity contribution is -0.354. The quantitative estimate of drug-likeness (QED) is 0.151. The lowest BCUT2D eigenvalue weighted by Crippen LogP contribution is -2.71. The zero-order chi connectivity index (χ0) is 42.7. The van der Waals surface area contributed by atoms with Crippen molar-refractivity contribution >= 4 is 24.0 Å². The molecular weight excluding hydrogens is 750 g/mol. The molecule has 4 fully saturated rings. The predicted octanol–water partition coefficient (Wildman–Crippen LogP) is 5.18. The number of aliphatic hydroxyl groups excluding tert-OH is 1. The molecular formula is C44H61NO13. The van der Waals surface area contributed by atoms with Crippen molar-refractivity contribution in [1.29, 1.82) is 0 Å². The summed E-state index contributed by atoms with van der Waals surface area (Å²) in [6.45, 7) is 21.4. The number of aliphatic hydroxyl groups is 2. The Balaban J connectivity index is 1.51. The number of esters is 3. The molecule has 14 heteroatoms. The number of hydrogen-bond donors (Lipinski definition) is 3. The summed E-state index contributed by atoms with van der Waals surface area (Å²) < 4.78 is 44.1. The first-order valence-corrected chi connectivity index (χ1v) is 20.3. The first-order chi connectivity index (χ1) is 27.0. The molecule has 1 unspecified atom stereocenters. The van der Waals surface area contributed by atoms with E-state index in [1.807, 2.05) is 20.8 Å². The molecule has 1 aromatic carbocycles. The van der Waals surface area contributed by atoms with E-state index in [0.29, 0.717) is 24.2 Å². The van der Waals surface area contributed by atoms with Gasteiger partial charge in [-0.25, -0.2) is 14.4 Å². The number of amides is 1. The van der Waals surface area contributed by atoms with Crippen LogP contribution in [0, 0.1) is 28.6 Å². The average Bonchev–Trinajstić information content (AvgIpc) is 3.37. The second-order valence-electron chi connectivity index (χ2n) is 18.8. The van der Waals surface area contributed by atoms with Gasteiger partial charge in [0.05, 0.1) is 41.4 Å². The van der Waals surface area contributed by atoms with Gasteiger partial charge in [0.25, 0.3) is 0 Å². The summed E-state index contributed by atoms with van der Waals surface area (Å²) in [5.41, 5.74) is -4.03. The molecule has 1 amide bonds. The van der Waals surface area contributed by atoms with Crippen molar-refractivity contribution < 1.29 is 62.5 Å². The van der Waals surface area contributed by atoms with Crippen LogP contribution in [0.2, 0.25) is 0 Å². The molecule has 6 rings (SSSR count). The van der Waals surface area contributed by atoms with Crippen molar-refractivity contribution in [1.82, 2.24) is 5.32 Å². The predicted molar refractivity (Wildman–Crippen MR) is 209 cm³/mol. The van der Waals surface area contributed by atoms with Gasteiger partial charge < -0.3 is 48.7 Å². The van der Waals surface area contributed by atoms with Crippen LogP contribution in [0.15, 0.2) is 54.1 Å². The SMILES string of the molecule is C=C[C@H]1O[C@H]2C[C@H]3OC[C@H]3[C@H]3[C@H](OC(=O)c4ccccc4)C4(C(C)(C)O)C[C@H](OC(=O)[C@H](O)[C@H](CC(C)C)NC(=O)OC(C)(C)C)C(C)=C4[C@H](OC(C)=O)[C@H](O1)[C@@]32C. The van der Waals surface area contributed by atoms with Gasteiger partial charge in [0, 0.05) is 37.0 Å². The van der Waals surface area contributed by atoms with Crippen LogP contribution in [-0.4, -0.2) is 107 Å². The van der Waals surface area contributed by atoms with E-state index in [-0.39, 0.29) is 36.3 Å². The molecule has 1 aromatic rings. The Morgan fingerprint density at radius 3 is 2.28 bits per heavy atom. The number of fused-ring (bicyclic) bond motifs is 3. The van der Waals surface area contributed by atoms with E-state index < -0.39 is 101 Å². The number of rotatable bonds is 11. The third kappa shape index (κ3) is 7.82. The Morgan fingerprint density at radius 1 is 1.05 bits per heavy atom. The molecule has 2 aliphatic heterocycles. The van der Waals surface area contributed by atoms with Gasteiger partial charge in [-0.1, -0.05) is 45.5 Å². The summed E-state index contributed by atoms with van der Waals surface area (Å²) in [6.07, 6.45) is -6.56. The van der Waals surface area contributed by atoms with E-state index in [2.05, 4.69) is 11.9 Å². The normalized spacial score (nSPS) is 35.2. The lowest BCUT2D eigenvalue weighted by Gasteiger charge is -2.63. The van der Waals surface area contributed by atoms with Crippen LogP contribution in [0.4, 0.5) is 4.79 Å². The average molecular weight is 812 g/mol. The van der Waals surface area contributed by atoms with Gasteiger partial charge in [0.1, 0.15) is 23.9 Å². The Hall–Kier alpha value is -3.82. The summed E-state index contributed by atoms with van der Waals surface area (Å²) in [5.74, 6) is -3.13. The third-order valence-corrected chi connectivity index (χ3v) is 12.9. The second kappa shape index (κ2) is 16.0. The van der Waals surface area contributed by atoms with E-state index in [4.69, 9.17) is 33.2 Å². The van der Waals surface area contributed by atoms with E-state index in [0.717, 1.165) is 0 Å². The fourth-order valence-corrected chi connectivity index (χ4v) is 10.4. The van der Waals surface area contributed by atoms with Gasteiger partial charge in [0.15, 0.2) is 18.5 Å². The lowest BCUT2D eigenvalue weighted by atomic mass is 9.51. The van der Waals surface area contributed by atoms with Crippen LogP contribution < -0.4 is 5.32 Å². The number of alkyl carbamates (subject to hydrolysis) is 1. The molecule has 320 valence electrons. The molecule has 58 heavy (non-hydrogen) atoms. The topological polar surface area (TPSA) is 185 Å². The standard InChI is InChI=1S/C44H61NO13/c1-12-31-55-30-19-28-26(21-52-28)33-36(57-38(48)25-16-14-13-15-17-25)44(42(9,10)51)20-29(23(4)32(44)35(53-24(5)46)37(56-31)43(30,33)11)54-39(49)34(47)27(18-22(2)3)45-40(50)58-41(6,7)8/h12-17,22,26-31,33-37,47,51H,1,18-21H2,2-11H3,(H,45,50)/t26-,27+,28-,29+,30+,31+,33+,34-,35+,36+,37+,43-,44?/m1/s1. The first kappa shape index (κ1) is 43.8. The van der Waals surface area contributed by atoms with Crippen LogP contribution in [0.1, 0.15) is 98.9 Å². The summed E-state index contributed by atoms with van der Waals surface area (Å²) in [4.78, 5) is 54.6. The molecule has 14 nitrogen and oxygen atoms in total. The minimum atomic E-state index is -1.81. The molecule has 2 saturated carbocycles. The third-order valence-electron chi connectivity index (χ3n) is 12.9. The second-order valence-corrected chi connectivity index (χ2v) is 18.8. The summed E-state index contributed by atoms with van der Waals surface area (Å²) >= 11 is 0. The summed E-state index contributed by atoms with van der Waals surface area (Å²) in [5, 5.41) is 26.9. The number of hydrogen-bond acceptors (Lipinski definition) is 13. The van der Waals surface area contributed by atoms with Crippen molar-refractivity contribution in [2.45, 2.75) is 155 Å². The van der Waals surface area contributed by atoms with Crippen molar-refractivity contribution in [3.63, 3.8) is 0 Å². The maximum absolute atomic E-state index is 14.4. The Morgan fingerprint density at radius 2 is 1.72 bits per heavy atom. The minimum absolute atomic E-state index is 0.0425. The summed E-state index contributed by atoms with van der Waals surface area (Å²) in [6, 6.07) is 7.46. The fraction of sp³-hybridized carbons (Fsp3) is 0.682. The Labute approximate surface area is 340 Å². The zero-order valence-corrected chi connectivity index (χ0v) is 35.3. The highest BCUT2D eigenvalue weighted by molar-refractivity contribution is 5.89. The number of ether oxygens (including phenoxy) is 7. The Bertz CT molecular complexity index is 1780. The number of carbonyl (C=O) groups is 4. The van der Waals surface area contributed by atoms with Gasteiger partial charge in [0.2, 0.25) is 0 Å². The molecule has 0 spiro atoms. The van der Waals surface area contributed by atoms with Crippen LogP contribution in [0.25, 0.3) is 0 Å². The maximum atomic E-state index is 14.4. The fourth-order valence-electron chi connectivity index (χ4n) is 10.4. The maximum Gasteiger partial charge on any atom is 0.407 e. The monoisotopic (exact) mass is 811 g/mol.